The molecule has 2 atom stereocenters. The molecule has 0 radical (unpaired) electrons. The van der Waals surface area contributed by atoms with Crippen LogP contribution in [0.5, 0.6) is 11.5 Å². The first-order chi connectivity index (χ1) is 34.8. The second kappa shape index (κ2) is 20.2. The van der Waals surface area contributed by atoms with Gasteiger partial charge < -0.3 is 10.2 Å². The van der Waals surface area contributed by atoms with Crippen LogP contribution in [0.1, 0.15) is 156 Å². The van der Waals surface area contributed by atoms with Gasteiger partial charge in [-0.05, 0) is 182 Å². The standard InChI is InChI=1S/C69H93NO2Si2.Zr/c1-44(34-66(3,4)5)42-73(9,10)52-30-58(64(71)60(32-52)68-36-46-24-47(37-68)26-48(25-46)38-68)54-18-13-15-20-56(54)62-22-17-23-63(70-62)57-21-16-14-19-55(57)59-31-53(74(11,12)43-45(2)35-67(6,7)8)33-61(65(59)72)69-39-49-27-50(40-69)29-51(28-49)41-69;/h13-23,30-33,44-51,71-72H,24-29,34-43H2,1-12H3;. The van der Waals surface area contributed by atoms with E-state index in [-0.39, 0.29) is 37.0 Å². The summed E-state index contributed by atoms with van der Waals surface area (Å²) in [6.07, 6.45) is 18.1. The molecule has 1 aromatic heterocycles. The van der Waals surface area contributed by atoms with Crippen LogP contribution in [0.3, 0.4) is 0 Å². The zero-order valence-corrected chi connectivity index (χ0v) is 52.9. The second-order valence-corrected chi connectivity index (χ2v) is 40.2. The first-order valence-electron chi connectivity index (χ1n) is 29.8. The van der Waals surface area contributed by atoms with Crippen LogP contribution in [0.4, 0.5) is 0 Å². The fourth-order valence-corrected chi connectivity index (χ4v) is 25.4. The van der Waals surface area contributed by atoms with Gasteiger partial charge in [-0.3, -0.25) is 0 Å². The number of pyridine rings is 1. The Balaban J connectivity index is 0.00000641. The molecule has 2 N–H and O–H groups in total. The molecule has 8 bridgehead atoms. The van der Waals surface area contributed by atoms with E-state index < -0.39 is 16.1 Å². The molecule has 4 aromatic carbocycles. The van der Waals surface area contributed by atoms with Crippen molar-refractivity contribution in [3.63, 3.8) is 0 Å². The van der Waals surface area contributed by atoms with Crippen LogP contribution >= 0.6 is 0 Å². The first-order valence-corrected chi connectivity index (χ1v) is 36.2. The van der Waals surface area contributed by atoms with Gasteiger partial charge in [0.25, 0.3) is 0 Å². The first kappa shape index (κ1) is 55.3. The third kappa shape index (κ3) is 11.0. The van der Waals surface area contributed by atoms with Gasteiger partial charge in [0.15, 0.2) is 0 Å². The molecule has 6 heteroatoms. The predicted molar refractivity (Wildman–Crippen MR) is 319 cm³/mol. The molecule has 2 unspecified atom stereocenters. The van der Waals surface area contributed by atoms with Gasteiger partial charge in [-0.25, -0.2) is 4.98 Å². The Morgan fingerprint density at radius 1 is 0.467 bits per heavy atom. The summed E-state index contributed by atoms with van der Waals surface area (Å²) < 4.78 is 0. The Kier molecular flexibility index (Phi) is 14.9. The van der Waals surface area contributed by atoms with Crippen molar-refractivity contribution in [2.45, 2.75) is 194 Å². The van der Waals surface area contributed by atoms with E-state index in [9.17, 15) is 10.2 Å². The van der Waals surface area contributed by atoms with Gasteiger partial charge in [-0.15, -0.1) is 0 Å². The number of hydrogen-bond acceptors (Lipinski definition) is 3. The molecule has 3 nitrogen and oxygen atoms in total. The van der Waals surface area contributed by atoms with Crippen LogP contribution < -0.4 is 10.4 Å². The maximum absolute atomic E-state index is 13.1. The third-order valence-corrected chi connectivity index (χ3v) is 27.5. The van der Waals surface area contributed by atoms with Crippen LogP contribution in [0, 0.1) is 58.2 Å². The van der Waals surface area contributed by atoms with Crippen molar-refractivity contribution < 1.29 is 36.4 Å². The van der Waals surface area contributed by atoms with Gasteiger partial charge >= 0.3 is 0 Å². The molecule has 8 aliphatic rings. The van der Waals surface area contributed by atoms with E-state index in [0.29, 0.717) is 34.2 Å². The molecule has 0 saturated heterocycles. The molecule has 5 aromatic rings. The van der Waals surface area contributed by atoms with Gasteiger partial charge in [0, 0.05) is 59.6 Å². The van der Waals surface area contributed by atoms with Gasteiger partial charge in [-0.1, -0.05) is 183 Å². The number of hydrogen-bond donors (Lipinski definition) is 2. The smallest absolute Gasteiger partial charge is 0.127 e. The Morgan fingerprint density at radius 3 is 1.08 bits per heavy atom. The topological polar surface area (TPSA) is 53.4 Å². The van der Waals surface area contributed by atoms with Crippen molar-refractivity contribution in [1.82, 2.24) is 4.98 Å². The van der Waals surface area contributed by atoms with E-state index >= 15 is 0 Å². The molecule has 0 aliphatic heterocycles. The monoisotopic (exact) mass is 1110 g/mol. The Labute approximate surface area is 475 Å². The number of rotatable bonds is 14. The van der Waals surface area contributed by atoms with Gasteiger partial charge in [0.1, 0.15) is 11.5 Å². The molecule has 0 amide bonds. The number of phenols is 2. The summed E-state index contributed by atoms with van der Waals surface area (Å²) in [7, 11) is -3.94. The van der Waals surface area contributed by atoms with Crippen molar-refractivity contribution >= 4 is 26.5 Å². The van der Waals surface area contributed by atoms with Crippen LogP contribution in [0.2, 0.25) is 38.3 Å². The minimum Gasteiger partial charge on any atom is -0.507 e. The molecular formula is C69H93NO2Si2Zr. The quantitative estimate of drug-likeness (QED) is 0.109. The van der Waals surface area contributed by atoms with E-state index in [0.717, 1.165) is 80.3 Å². The van der Waals surface area contributed by atoms with Crippen molar-refractivity contribution in [1.29, 1.82) is 0 Å². The normalized spacial score (nSPS) is 27.8. The average Bonchev–Trinajstić information content (AvgIpc) is 3.29. The molecular weight excluding hydrogens is 1020 g/mol. The fourth-order valence-electron chi connectivity index (χ4n) is 19.0. The predicted octanol–water partition coefficient (Wildman–Crippen LogP) is 18.1. The molecule has 8 aliphatic carbocycles. The number of aromatic nitrogens is 1. The summed E-state index contributed by atoms with van der Waals surface area (Å²) in [6.45, 7) is 29.7. The van der Waals surface area contributed by atoms with E-state index in [2.05, 4.69) is 173 Å². The van der Waals surface area contributed by atoms with E-state index in [1.807, 2.05) is 0 Å². The Bertz CT molecular complexity index is 2650. The van der Waals surface area contributed by atoms with E-state index in [1.165, 1.54) is 123 Å². The number of nitrogens with zero attached hydrogens (tertiary/aromatic N) is 1. The minimum absolute atomic E-state index is 0. The van der Waals surface area contributed by atoms with Crippen LogP contribution in [-0.2, 0) is 37.0 Å². The average molecular weight is 1120 g/mol. The largest absolute Gasteiger partial charge is 0.507 e. The van der Waals surface area contributed by atoms with Crippen molar-refractivity contribution in [2.24, 2.45) is 58.2 Å². The van der Waals surface area contributed by atoms with Gasteiger partial charge in [0.2, 0.25) is 0 Å². The van der Waals surface area contributed by atoms with E-state index in [4.69, 9.17) is 4.98 Å². The second-order valence-electron chi connectivity index (χ2n) is 30.7. The molecule has 8 saturated carbocycles. The molecule has 398 valence electrons. The molecule has 8 fully saturated rings. The maximum atomic E-state index is 13.1. The van der Waals surface area contributed by atoms with Gasteiger partial charge in [-0.2, -0.15) is 0 Å². The van der Waals surface area contributed by atoms with Crippen molar-refractivity contribution in [2.75, 3.05) is 0 Å². The van der Waals surface area contributed by atoms with Crippen LogP contribution in [0.15, 0.2) is 91.0 Å². The summed E-state index contributed by atoms with van der Waals surface area (Å²) >= 11 is 0. The molecule has 75 heavy (non-hydrogen) atoms. The minimum atomic E-state index is -1.97. The van der Waals surface area contributed by atoms with Gasteiger partial charge in [0.05, 0.1) is 27.5 Å². The Morgan fingerprint density at radius 2 is 0.773 bits per heavy atom. The Hall–Kier alpha value is -3.05. The maximum Gasteiger partial charge on any atom is 0.127 e. The summed E-state index contributed by atoms with van der Waals surface area (Å²) in [5.74, 6) is 7.01. The molecule has 13 rings (SSSR count). The SMILES string of the molecule is CC(CC(C)(C)C)C[Si](C)(C)c1cc(-c2ccccc2-c2cccc(-c3ccccc3-c3cc([Si](C)(C)CC(C)CC(C)(C)C)cc(C45CC6CC(CC(C6)C4)C5)c3O)n2)c(O)c(C23CC4CC(CC(C4)C2)C3)c1.[Zr]. The fraction of sp³-hybridized carbons (Fsp3) is 0.580. The number of phenolic OH excluding ortho intramolecular Hbond substituents is 2. The van der Waals surface area contributed by atoms with E-state index in [1.54, 1.807) is 0 Å². The van der Waals surface area contributed by atoms with Crippen LogP contribution in [-0.4, -0.2) is 31.3 Å². The van der Waals surface area contributed by atoms with Crippen LogP contribution in [0.25, 0.3) is 44.8 Å². The summed E-state index contributed by atoms with van der Waals surface area (Å²) in [4.78, 5) is 5.64. The zero-order chi connectivity index (χ0) is 52.3. The summed E-state index contributed by atoms with van der Waals surface area (Å²) in [5, 5.41) is 29.1. The zero-order valence-electron chi connectivity index (χ0n) is 48.4. The number of aromatic hydroxyl groups is 2. The summed E-state index contributed by atoms with van der Waals surface area (Å²) in [6, 6.07) is 36.6. The van der Waals surface area contributed by atoms with Crippen molar-refractivity contribution in [3.05, 3.63) is 102 Å². The van der Waals surface area contributed by atoms with Crippen molar-refractivity contribution in [3.8, 4) is 56.3 Å². The molecule has 1 heterocycles. The molecule has 0 spiro atoms. The third-order valence-electron chi connectivity index (χ3n) is 20.4. The number of benzene rings is 4. The summed E-state index contributed by atoms with van der Waals surface area (Å²) in [5.41, 5.74) is 11.3.